The van der Waals surface area contributed by atoms with E-state index in [1.54, 1.807) is 24.4 Å². The highest BCUT2D eigenvalue weighted by Gasteiger charge is 1.99. The fourth-order valence-corrected chi connectivity index (χ4v) is 1.25. The number of aliphatic hydroxyl groups excluding tert-OH is 1. The van der Waals surface area contributed by atoms with Gasteiger partial charge in [0.2, 0.25) is 0 Å². The second-order valence-electron chi connectivity index (χ2n) is 2.90. The van der Waals surface area contributed by atoms with Gasteiger partial charge in [-0.15, -0.1) is 0 Å². The van der Waals surface area contributed by atoms with Crippen LogP contribution in [0.1, 0.15) is 16.2 Å². The molecule has 0 atom stereocenters. The van der Waals surface area contributed by atoms with Crippen LogP contribution in [-0.4, -0.2) is 21.4 Å². The summed E-state index contributed by atoms with van der Waals surface area (Å²) in [6.07, 6.45) is 2.19. The largest absolute Gasteiger partial charge is 0.392 e. The van der Waals surface area contributed by atoms with Crippen LogP contribution < -0.4 is 0 Å². The molecule has 1 aromatic heterocycles. The van der Waals surface area contributed by atoms with Gasteiger partial charge in [0.25, 0.3) is 0 Å². The van der Waals surface area contributed by atoms with Gasteiger partial charge < -0.3 is 5.11 Å². The van der Waals surface area contributed by atoms with Gasteiger partial charge in [0, 0.05) is 11.6 Å². The Bertz CT molecular complexity index is 483. The predicted octanol–water partition coefficient (Wildman–Crippen LogP) is 0.935. The molecule has 2 rings (SSSR count). The lowest BCUT2D eigenvalue weighted by molar-refractivity contribution is 0.111. The minimum Gasteiger partial charge on any atom is -0.392 e. The first kappa shape index (κ1) is 8.77. The van der Waals surface area contributed by atoms with Gasteiger partial charge in [-0.3, -0.25) is 4.79 Å². The lowest BCUT2D eigenvalue weighted by Crippen LogP contribution is -1.93. The summed E-state index contributed by atoms with van der Waals surface area (Å²) in [7, 11) is 0. The second kappa shape index (κ2) is 3.51. The second-order valence-corrected chi connectivity index (χ2v) is 2.90. The topological polar surface area (TPSA) is 63.1 Å². The van der Waals surface area contributed by atoms with E-state index in [2.05, 4.69) is 9.97 Å². The summed E-state index contributed by atoms with van der Waals surface area (Å²) in [5.41, 5.74) is 1.51. The molecule has 4 heteroatoms. The number of rotatable bonds is 2. The summed E-state index contributed by atoms with van der Waals surface area (Å²) in [4.78, 5) is 18.3. The van der Waals surface area contributed by atoms with E-state index in [1.165, 1.54) is 0 Å². The minimum atomic E-state index is -0.00856. The van der Waals surface area contributed by atoms with E-state index in [0.717, 1.165) is 10.9 Å². The number of carbonyl (C=O) groups is 1. The van der Waals surface area contributed by atoms with Gasteiger partial charge in [0.15, 0.2) is 12.1 Å². The lowest BCUT2D eigenvalue weighted by atomic mass is 10.1. The average Bonchev–Trinajstić information content (AvgIpc) is 2.27. The highest BCUT2D eigenvalue weighted by Crippen LogP contribution is 2.12. The molecule has 0 unspecified atom stereocenters. The van der Waals surface area contributed by atoms with E-state index >= 15 is 0 Å². The molecule has 0 bridgehead atoms. The molecule has 0 aliphatic heterocycles. The Kier molecular flexibility index (Phi) is 2.20. The molecule has 0 amide bonds. The van der Waals surface area contributed by atoms with Gasteiger partial charge in [-0.25, -0.2) is 9.97 Å². The monoisotopic (exact) mass is 188 g/mol. The van der Waals surface area contributed by atoms with Crippen molar-refractivity contribution in [3.63, 3.8) is 0 Å². The van der Waals surface area contributed by atoms with Crippen molar-refractivity contribution in [2.75, 3.05) is 0 Å². The van der Waals surface area contributed by atoms with E-state index in [9.17, 15) is 4.79 Å². The average molecular weight is 188 g/mol. The molecular weight excluding hydrogens is 180 g/mol. The Labute approximate surface area is 80.2 Å². The summed E-state index contributed by atoms with van der Waals surface area (Å²) in [5.74, 6) is 0.175. The van der Waals surface area contributed by atoms with Gasteiger partial charge in [-0.1, -0.05) is 6.07 Å². The van der Waals surface area contributed by atoms with Gasteiger partial charge >= 0.3 is 0 Å². The molecule has 4 nitrogen and oxygen atoms in total. The SMILES string of the molecule is O=Cc1ncc2cc(CO)ccc2n1. The first-order chi connectivity index (χ1) is 6.83. The van der Waals surface area contributed by atoms with E-state index in [0.29, 0.717) is 11.8 Å². The quantitative estimate of drug-likeness (QED) is 0.712. The summed E-state index contributed by atoms with van der Waals surface area (Å²) < 4.78 is 0. The Morgan fingerprint density at radius 3 is 3.00 bits per heavy atom. The third kappa shape index (κ3) is 1.47. The number of nitrogens with zero attached hydrogens (tertiary/aromatic N) is 2. The maximum absolute atomic E-state index is 10.4. The van der Waals surface area contributed by atoms with Crippen molar-refractivity contribution in [1.82, 2.24) is 9.97 Å². The molecule has 14 heavy (non-hydrogen) atoms. The molecule has 0 aliphatic rings. The molecule has 0 spiro atoms. The zero-order valence-corrected chi connectivity index (χ0v) is 7.34. The summed E-state index contributed by atoms with van der Waals surface area (Å²) in [6.45, 7) is -0.00856. The molecular formula is C10H8N2O2. The first-order valence-electron chi connectivity index (χ1n) is 4.15. The highest BCUT2D eigenvalue weighted by molar-refractivity contribution is 5.81. The Balaban J connectivity index is 2.63. The Hall–Kier alpha value is -1.81. The van der Waals surface area contributed by atoms with Crippen LogP contribution in [0, 0.1) is 0 Å². The van der Waals surface area contributed by atoms with Gasteiger partial charge in [-0.2, -0.15) is 0 Å². The number of benzene rings is 1. The zero-order valence-electron chi connectivity index (χ0n) is 7.34. The molecule has 0 aliphatic carbocycles. The maximum atomic E-state index is 10.4. The predicted molar refractivity (Wildman–Crippen MR) is 50.8 cm³/mol. The van der Waals surface area contributed by atoms with Crippen LogP contribution in [0.15, 0.2) is 24.4 Å². The van der Waals surface area contributed by atoms with E-state index in [-0.39, 0.29) is 12.4 Å². The molecule has 0 radical (unpaired) electrons. The van der Waals surface area contributed by atoms with Crippen LogP contribution in [0.5, 0.6) is 0 Å². The van der Waals surface area contributed by atoms with Crippen molar-refractivity contribution in [3.8, 4) is 0 Å². The molecule has 0 saturated heterocycles. The van der Waals surface area contributed by atoms with E-state index in [4.69, 9.17) is 5.11 Å². The highest BCUT2D eigenvalue weighted by atomic mass is 16.3. The van der Waals surface area contributed by atoms with Crippen LogP contribution in [-0.2, 0) is 6.61 Å². The Morgan fingerprint density at radius 1 is 1.43 bits per heavy atom. The normalized spacial score (nSPS) is 10.4. The zero-order chi connectivity index (χ0) is 9.97. The molecule has 2 aromatic rings. The van der Waals surface area contributed by atoms with Crippen molar-refractivity contribution in [3.05, 3.63) is 35.8 Å². The molecule has 0 saturated carbocycles. The fourth-order valence-electron chi connectivity index (χ4n) is 1.25. The van der Waals surface area contributed by atoms with Crippen molar-refractivity contribution in [1.29, 1.82) is 0 Å². The van der Waals surface area contributed by atoms with Crippen molar-refractivity contribution < 1.29 is 9.90 Å². The van der Waals surface area contributed by atoms with Gasteiger partial charge in [0.05, 0.1) is 12.1 Å². The van der Waals surface area contributed by atoms with Crippen molar-refractivity contribution in [2.24, 2.45) is 0 Å². The summed E-state index contributed by atoms with van der Waals surface area (Å²) in [6, 6.07) is 5.32. The number of fused-ring (bicyclic) bond motifs is 1. The third-order valence-corrected chi connectivity index (χ3v) is 1.95. The Morgan fingerprint density at radius 2 is 2.29 bits per heavy atom. The van der Waals surface area contributed by atoms with Gasteiger partial charge in [-0.05, 0) is 17.7 Å². The van der Waals surface area contributed by atoms with Gasteiger partial charge in [0.1, 0.15) is 0 Å². The number of hydrogen-bond acceptors (Lipinski definition) is 4. The summed E-state index contributed by atoms with van der Waals surface area (Å²) in [5, 5.41) is 9.72. The molecule has 0 fully saturated rings. The van der Waals surface area contributed by atoms with Crippen LogP contribution >= 0.6 is 0 Å². The third-order valence-electron chi connectivity index (χ3n) is 1.95. The smallest absolute Gasteiger partial charge is 0.193 e. The maximum Gasteiger partial charge on any atom is 0.193 e. The molecule has 1 aromatic carbocycles. The number of aliphatic hydroxyl groups is 1. The number of hydrogen-bond donors (Lipinski definition) is 1. The minimum absolute atomic E-state index is 0.00856. The number of aromatic nitrogens is 2. The lowest BCUT2D eigenvalue weighted by Gasteiger charge is -1.99. The fraction of sp³-hybridized carbons (Fsp3) is 0.100. The van der Waals surface area contributed by atoms with Crippen LogP contribution in [0.2, 0.25) is 0 Å². The van der Waals surface area contributed by atoms with Crippen LogP contribution in [0.25, 0.3) is 10.9 Å². The van der Waals surface area contributed by atoms with Crippen LogP contribution in [0.4, 0.5) is 0 Å². The van der Waals surface area contributed by atoms with E-state index < -0.39 is 0 Å². The molecule has 1 N–H and O–H groups in total. The molecule has 70 valence electrons. The summed E-state index contributed by atoms with van der Waals surface area (Å²) >= 11 is 0. The van der Waals surface area contributed by atoms with Crippen LogP contribution in [0.3, 0.4) is 0 Å². The van der Waals surface area contributed by atoms with E-state index in [1.807, 2.05) is 0 Å². The number of carbonyl (C=O) groups excluding carboxylic acids is 1. The van der Waals surface area contributed by atoms with Crippen molar-refractivity contribution >= 4 is 17.2 Å². The standard InChI is InChI=1S/C10H8N2O2/c13-5-7-1-2-9-8(3-7)4-11-10(6-14)12-9/h1-4,6,13H,5H2. The van der Waals surface area contributed by atoms with Crippen molar-refractivity contribution in [2.45, 2.75) is 6.61 Å². The first-order valence-corrected chi connectivity index (χ1v) is 4.15. The molecule has 1 heterocycles. The number of aldehydes is 1.